The number of hydrogen-bond acceptors (Lipinski definition) is 4. The first-order chi connectivity index (χ1) is 21.2. The Morgan fingerprint density at radius 2 is 1.27 bits per heavy atom. The van der Waals surface area contributed by atoms with Crippen LogP contribution in [-0.2, 0) is 23.9 Å². The van der Waals surface area contributed by atoms with Crippen molar-refractivity contribution in [3.63, 3.8) is 0 Å². The molecular formula is C38H51N5O2. The van der Waals surface area contributed by atoms with Crippen LogP contribution in [0.5, 0.6) is 5.75 Å². The van der Waals surface area contributed by atoms with Crippen molar-refractivity contribution >= 4 is 22.1 Å². The third-order valence-corrected chi connectivity index (χ3v) is 9.22. The first kappa shape index (κ1) is 32.5. The van der Waals surface area contributed by atoms with Crippen LogP contribution in [0.3, 0.4) is 0 Å². The van der Waals surface area contributed by atoms with E-state index in [2.05, 4.69) is 86.6 Å². The Hall–Kier alpha value is -3.87. The highest BCUT2D eigenvalue weighted by Crippen LogP contribution is 2.44. The van der Waals surface area contributed by atoms with Gasteiger partial charge in [0, 0.05) is 24.1 Å². The summed E-state index contributed by atoms with van der Waals surface area (Å²) in [5, 5.41) is 21.9. The van der Waals surface area contributed by atoms with Crippen LogP contribution in [0.15, 0.2) is 59.4 Å². The molecule has 0 bridgehead atoms. The van der Waals surface area contributed by atoms with Crippen LogP contribution in [0, 0.1) is 5.41 Å². The first-order valence-corrected chi connectivity index (χ1v) is 16.6. The minimum Gasteiger partial charge on any atom is -0.505 e. The smallest absolute Gasteiger partial charge is 0.329 e. The number of unbranched alkanes of at least 4 members (excludes halogenated alkanes) is 2. The number of rotatable bonds is 11. The molecule has 240 valence electrons. The first-order valence-electron chi connectivity index (χ1n) is 16.6. The molecule has 0 amide bonds. The van der Waals surface area contributed by atoms with Crippen LogP contribution in [0.2, 0.25) is 0 Å². The molecule has 0 unspecified atom stereocenters. The van der Waals surface area contributed by atoms with Crippen molar-refractivity contribution in [3.05, 3.63) is 81.8 Å². The van der Waals surface area contributed by atoms with Crippen molar-refractivity contribution in [2.75, 3.05) is 0 Å². The number of fused-ring (bicyclic) bond motifs is 2. The standard InChI is InChI=1S/C38H51N5O2/c1-10-12-19-41-31-23-29-30(24-32(31)42(35(41)45)20-13-11-2)40-43(39-29)33-22-27(37(6,7)25-36(3,4)5)21-28(34(33)44)38(8,9)26-17-15-14-16-18-26/h14-18,21-24,44H,10-13,19-20,25H2,1-9H3. The topological polar surface area (TPSA) is 77.9 Å². The molecule has 0 spiro atoms. The number of aromatic nitrogens is 5. The summed E-state index contributed by atoms with van der Waals surface area (Å²) in [5.41, 5.74) is 6.33. The number of nitrogens with zero attached hydrogens (tertiary/aromatic N) is 5. The molecule has 0 saturated heterocycles. The Bertz CT molecular complexity index is 1800. The van der Waals surface area contributed by atoms with Crippen molar-refractivity contribution in [2.24, 2.45) is 5.41 Å². The number of imidazole rings is 1. The van der Waals surface area contributed by atoms with Gasteiger partial charge in [-0.05, 0) is 59.4 Å². The van der Waals surface area contributed by atoms with Gasteiger partial charge in [-0.25, -0.2) is 4.79 Å². The lowest BCUT2D eigenvalue weighted by atomic mass is 9.70. The molecule has 0 fully saturated rings. The summed E-state index contributed by atoms with van der Waals surface area (Å²) in [6.07, 6.45) is 4.85. The minimum atomic E-state index is -0.471. The summed E-state index contributed by atoms with van der Waals surface area (Å²) in [4.78, 5) is 15.0. The third kappa shape index (κ3) is 6.31. The molecule has 2 aromatic heterocycles. The van der Waals surface area contributed by atoms with Crippen molar-refractivity contribution in [1.29, 1.82) is 0 Å². The number of hydrogen-bond donors (Lipinski definition) is 1. The maximum atomic E-state index is 13.5. The van der Waals surface area contributed by atoms with E-state index < -0.39 is 5.41 Å². The lowest BCUT2D eigenvalue weighted by Crippen LogP contribution is -2.27. The van der Waals surface area contributed by atoms with Crippen LogP contribution in [0.25, 0.3) is 27.8 Å². The normalized spacial score (nSPS) is 12.9. The Morgan fingerprint density at radius 3 is 1.76 bits per heavy atom. The average molecular weight is 610 g/mol. The van der Waals surface area contributed by atoms with Crippen LogP contribution < -0.4 is 5.69 Å². The van der Waals surface area contributed by atoms with Gasteiger partial charge < -0.3 is 5.11 Å². The maximum Gasteiger partial charge on any atom is 0.329 e. The van der Waals surface area contributed by atoms with Gasteiger partial charge in [0.2, 0.25) is 0 Å². The molecule has 3 aromatic carbocycles. The Morgan fingerprint density at radius 1 is 0.733 bits per heavy atom. The molecule has 0 radical (unpaired) electrons. The SMILES string of the molecule is CCCCn1c(=O)n(CCCC)c2cc3nn(-c4cc(C(C)(C)CC(C)(C)C)cc(C(C)(C)c5ccccc5)c4O)nc3cc21. The number of phenols is 1. The fourth-order valence-corrected chi connectivity index (χ4v) is 6.97. The molecule has 0 saturated carbocycles. The summed E-state index contributed by atoms with van der Waals surface area (Å²) in [5.74, 6) is 0.177. The number of phenolic OH excluding ortho intramolecular Hbond substituents is 1. The predicted molar refractivity (Wildman–Crippen MR) is 186 cm³/mol. The zero-order valence-electron chi connectivity index (χ0n) is 28.7. The van der Waals surface area contributed by atoms with E-state index in [0.717, 1.165) is 59.8 Å². The summed E-state index contributed by atoms with van der Waals surface area (Å²) < 4.78 is 3.78. The maximum absolute atomic E-state index is 13.5. The van der Waals surface area contributed by atoms with Crippen molar-refractivity contribution in [2.45, 2.75) is 118 Å². The summed E-state index contributed by atoms with van der Waals surface area (Å²) in [6, 6.07) is 18.6. The van der Waals surface area contributed by atoms with Gasteiger partial charge in [0.25, 0.3) is 0 Å². The van der Waals surface area contributed by atoms with Gasteiger partial charge in [0.1, 0.15) is 22.5 Å². The van der Waals surface area contributed by atoms with Gasteiger partial charge in [-0.3, -0.25) is 9.13 Å². The van der Waals surface area contributed by atoms with Crippen molar-refractivity contribution in [3.8, 4) is 11.4 Å². The zero-order valence-corrected chi connectivity index (χ0v) is 28.7. The molecule has 0 aliphatic heterocycles. The Balaban J connectivity index is 1.74. The second kappa shape index (κ2) is 12.1. The lowest BCUT2D eigenvalue weighted by Gasteiger charge is -2.35. The molecule has 0 aliphatic carbocycles. The van der Waals surface area contributed by atoms with E-state index in [1.54, 1.807) is 4.80 Å². The predicted octanol–water partition coefficient (Wildman–Crippen LogP) is 8.88. The molecule has 2 heterocycles. The molecule has 45 heavy (non-hydrogen) atoms. The van der Waals surface area contributed by atoms with E-state index in [0.29, 0.717) is 29.8 Å². The van der Waals surface area contributed by atoms with Crippen LogP contribution in [0.1, 0.15) is 111 Å². The van der Waals surface area contributed by atoms with Crippen LogP contribution in [0.4, 0.5) is 0 Å². The molecular weight excluding hydrogens is 558 g/mol. The molecule has 0 atom stereocenters. The summed E-state index contributed by atoms with van der Waals surface area (Å²) >= 11 is 0. The van der Waals surface area contributed by atoms with E-state index in [1.807, 2.05) is 39.5 Å². The van der Waals surface area contributed by atoms with Gasteiger partial charge in [-0.2, -0.15) is 0 Å². The zero-order chi connectivity index (χ0) is 32.7. The number of benzene rings is 3. The van der Waals surface area contributed by atoms with Gasteiger partial charge in [0.05, 0.1) is 11.0 Å². The van der Waals surface area contributed by atoms with Gasteiger partial charge >= 0.3 is 5.69 Å². The number of aryl methyl sites for hydroxylation is 2. The van der Waals surface area contributed by atoms with Crippen molar-refractivity contribution in [1.82, 2.24) is 24.1 Å². The molecule has 1 N–H and O–H groups in total. The molecule has 0 aliphatic rings. The van der Waals surface area contributed by atoms with E-state index in [9.17, 15) is 9.90 Å². The quantitative estimate of drug-likeness (QED) is 0.162. The molecule has 5 rings (SSSR count). The van der Waals surface area contributed by atoms with Crippen molar-refractivity contribution < 1.29 is 5.11 Å². The van der Waals surface area contributed by atoms with E-state index >= 15 is 0 Å². The van der Waals surface area contributed by atoms with Gasteiger partial charge in [0.15, 0.2) is 0 Å². The summed E-state index contributed by atoms with van der Waals surface area (Å²) in [7, 11) is 0. The third-order valence-electron chi connectivity index (χ3n) is 9.22. The monoisotopic (exact) mass is 609 g/mol. The fraction of sp³-hybridized carbons (Fsp3) is 0.500. The minimum absolute atomic E-state index is 0.0339. The van der Waals surface area contributed by atoms with E-state index in [1.165, 1.54) is 0 Å². The highest BCUT2D eigenvalue weighted by atomic mass is 16.3. The lowest BCUT2D eigenvalue weighted by molar-refractivity contribution is 0.283. The average Bonchev–Trinajstić information content (AvgIpc) is 3.49. The molecule has 5 aromatic rings. The van der Waals surface area contributed by atoms with Gasteiger partial charge in [-0.1, -0.05) is 112 Å². The van der Waals surface area contributed by atoms with E-state index in [4.69, 9.17) is 10.2 Å². The summed E-state index contributed by atoms with van der Waals surface area (Å²) in [6.45, 7) is 21.3. The Kier molecular flexibility index (Phi) is 8.78. The van der Waals surface area contributed by atoms with Crippen LogP contribution in [-0.4, -0.2) is 29.2 Å². The van der Waals surface area contributed by atoms with E-state index in [-0.39, 0.29) is 22.3 Å². The van der Waals surface area contributed by atoms with Gasteiger partial charge in [-0.15, -0.1) is 15.0 Å². The highest BCUT2D eigenvalue weighted by molar-refractivity contribution is 5.91. The molecule has 7 heteroatoms. The largest absolute Gasteiger partial charge is 0.505 e. The van der Waals surface area contributed by atoms with Crippen LogP contribution >= 0.6 is 0 Å². The second-order valence-electron chi connectivity index (χ2n) is 15.1. The fourth-order valence-electron chi connectivity index (χ4n) is 6.97. The number of aromatic hydroxyl groups is 1. The second-order valence-corrected chi connectivity index (χ2v) is 15.1. The Labute approximate surface area is 267 Å². The highest BCUT2D eigenvalue weighted by Gasteiger charge is 2.34. The molecule has 7 nitrogen and oxygen atoms in total.